The fourth-order valence-electron chi connectivity index (χ4n) is 7.04. The minimum atomic E-state index is -1.49. The molecular formula is C46H82N8O16. The number of primary amides is 1. The molecule has 24 heteroatoms. The van der Waals surface area contributed by atoms with Gasteiger partial charge in [-0.2, -0.15) is 0 Å². The van der Waals surface area contributed by atoms with Crippen molar-refractivity contribution in [1.29, 1.82) is 0 Å². The van der Waals surface area contributed by atoms with Crippen LogP contribution in [0.5, 0.6) is 0 Å². The number of rotatable bonds is 48. The summed E-state index contributed by atoms with van der Waals surface area (Å²) in [6, 6.07) is -4.70. The van der Waals surface area contributed by atoms with Gasteiger partial charge in [0.1, 0.15) is 24.7 Å². The van der Waals surface area contributed by atoms with Crippen molar-refractivity contribution in [2.45, 2.75) is 185 Å². The molecule has 0 radical (unpaired) electrons. The zero-order chi connectivity index (χ0) is 52.4. The van der Waals surface area contributed by atoms with E-state index in [-0.39, 0.29) is 83.8 Å². The molecule has 0 aliphatic rings. The predicted molar refractivity (Wildman–Crippen MR) is 255 cm³/mol. The Morgan fingerprint density at radius 1 is 0.414 bits per heavy atom. The van der Waals surface area contributed by atoms with E-state index in [1.54, 1.807) is 7.05 Å². The first-order valence-electron chi connectivity index (χ1n) is 24.6. The van der Waals surface area contributed by atoms with E-state index in [9.17, 15) is 63.3 Å². The number of unbranched alkanes of at least 4 members (excludes halogenated alkanes) is 14. The second-order valence-corrected chi connectivity index (χ2v) is 17.0. The fraction of sp³-hybridized carbons (Fsp3) is 0.783. The number of carboxylic acids is 4. The van der Waals surface area contributed by atoms with E-state index in [1.165, 1.54) is 32.1 Å². The predicted octanol–water partition coefficient (Wildman–Crippen LogP) is 1.38. The Bertz CT molecular complexity index is 1570. The van der Waals surface area contributed by atoms with Crippen LogP contribution in [-0.2, 0) is 57.4 Å². The molecule has 6 amide bonds. The zero-order valence-corrected chi connectivity index (χ0v) is 41.0. The lowest BCUT2D eigenvalue weighted by molar-refractivity contribution is -0.144. The Morgan fingerprint density at radius 2 is 0.814 bits per heavy atom. The number of carbonyl (C=O) groups is 10. The molecule has 0 saturated heterocycles. The molecule has 0 bridgehead atoms. The van der Waals surface area contributed by atoms with Gasteiger partial charge in [-0.1, -0.05) is 77.0 Å². The fourth-order valence-corrected chi connectivity index (χ4v) is 7.04. The summed E-state index contributed by atoms with van der Waals surface area (Å²) < 4.78 is 10.5. The highest BCUT2D eigenvalue weighted by atomic mass is 16.5. The van der Waals surface area contributed by atoms with Gasteiger partial charge in [0.15, 0.2) is 0 Å². The molecule has 0 aromatic heterocycles. The first kappa shape index (κ1) is 64.5. The van der Waals surface area contributed by atoms with Gasteiger partial charge >= 0.3 is 23.9 Å². The van der Waals surface area contributed by atoms with E-state index in [4.69, 9.17) is 20.3 Å². The standard InChI is InChI=1S/C46H82N8O16/c1-48-54-33(43(47)62)18-16-17-27-49-37(55)24-21-35(45(65)66)52-40(58)26-23-36(46(67)68)53-41(59)32-70-31-30-69-29-28-50-38(56)25-22-34(44(63)64)51-39(57)19-14-12-10-8-6-4-2-3-5-7-9-11-13-15-20-42(60)61/h33-36,48,54H,2-32H2,1H3,(H2,47,62)(H,49,55)(H,50,56)(H,51,57)(H,52,58)(H,53,59)(H,60,61)(H,63,64)(H,65,66)(H,67,68)/t33-,34-,35-,36-/m0/s1. The summed E-state index contributed by atoms with van der Waals surface area (Å²) in [5.74, 6) is -8.19. The SMILES string of the molecule is CNN[C@@H](CCCCNC(=O)CC[C@H](NC(=O)CC[C@H](NC(=O)COCCOCCNC(=O)CC[C@H](NC(=O)CCCCCCCCCCCCCCCCC(=O)O)C(=O)O)C(=O)O)C(=O)O)C(N)=O. The number of nitrogens with one attached hydrogen (secondary N) is 7. The Hall–Kier alpha value is -5.46. The molecule has 0 spiro atoms. The Labute approximate surface area is 410 Å². The molecule has 402 valence electrons. The van der Waals surface area contributed by atoms with Crippen molar-refractivity contribution in [3.8, 4) is 0 Å². The van der Waals surface area contributed by atoms with E-state index in [2.05, 4.69) is 37.4 Å². The van der Waals surface area contributed by atoms with Crippen molar-refractivity contribution < 1.29 is 77.8 Å². The Balaban J connectivity index is 4.14. The maximum Gasteiger partial charge on any atom is 0.326 e. The molecular weight excluding hydrogens is 921 g/mol. The van der Waals surface area contributed by atoms with E-state index in [1.807, 2.05) is 0 Å². The summed E-state index contributed by atoms with van der Waals surface area (Å²) >= 11 is 0. The van der Waals surface area contributed by atoms with Crippen molar-refractivity contribution in [3.63, 3.8) is 0 Å². The van der Waals surface area contributed by atoms with Crippen molar-refractivity contribution in [2.75, 3.05) is 46.6 Å². The summed E-state index contributed by atoms with van der Waals surface area (Å²) in [5, 5.41) is 49.5. The first-order chi connectivity index (χ1) is 33.5. The van der Waals surface area contributed by atoms with Crippen molar-refractivity contribution in [1.82, 2.24) is 37.4 Å². The topological polar surface area (TPSA) is 380 Å². The third-order valence-corrected chi connectivity index (χ3v) is 11.0. The minimum Gasteiger partial charge on any atom is -0.481 e. The quantitative estimate of drug-likeness (QED) is 0.0302. The number of hydrogen-bond acceptors (Lipinski definition) is 14. The molecule has 13 N–H and O–H groups in total. The highest BCUT2D eigenvalue weighted by Crippen LogP contribution is 2.14. The lowest BCUT2D eigenvalue weighted by Gasteiger charge is -2.17. The second kappa shape index (κ2) is 42.4. The average Bonchev–Trinajstić information content (AvgIpc) is 3.30. The van der Waals surface area contributed by atoms with Crippen molar-refractivity contribution in [3.05, 3.63) is 0 Å². The summed E-state index contributed by atoms with van der Waals surface area (Å²) in [6.07, 6.45) is 15.2. The molecule has 0 rings (SSSR count). The monoisotopic (exact) mass is 1000 g/mol. The second-order valence-electron chi connectivity index (χ2n) is 17.0. The number of carbonyl (C=O) groups excluding carboxylic acids is 6. The molecule has 0 aliphatic carbocycles. The molecule has 0 fully saturated rings. The molecule has 0 aromatic rings. The van der Waals surface area contributed by atoms with Gasteiger partial charge in [-0.05, 0) is 58.4 Å². The number of hydrogen-bond donors (Lipinski definition) is 12. The van der Waals surface area contributed by atoms with E-state index < -0.39 is 90.6 Å². The minimum absolute atomic E-state index is 0.0148. The zero-order valence-electron chi connectivity index (χ0n) is 41.0. The Kier molecular flexibility index (Phi) is 39.1. The van der Waals surface area contributed by atoms with Gasteiger partial charge in [-0.3, -0.25) is 39.0 Å². The van der Waals surface area contributed by atoms with Gasteiger partial charge in [-0.25, -0.2) is 19.8 Å². The van der Waals surface area contributed by atoms with Crippen LogP contribution in [0.2, 0.25) is 0 Å². The number of ether oxygens (including phenoxy) is 2. The maximum atomic E-state index is 12.5. The first-order valence-corrected chi connectivity index (χ1v) is 24.6. The molecule has 0 saturated carbocycles. The lowest BCUT2D eigenvalue weighted by Crippen LogP contribution is -2.46. The largest absolute Gasteiger partial charge is 0.481 e. The number of carboxylic acid groups (broad SMARTS) is 4. The Morgan fingerprint density at radius 3 is 1.26 bits per heavy atom. The van der Waals surface area contributed by atoms with Gasteiger partial charge in [0.2, 0.25) is 35.4 Å². The summed E-state index contributed by atoms with van der Waals surface area (Å²) in [6.45, 7) is -0.152. The van der Waals surface area contributed by atoms with Gasteiger partial charge in [-0.15, -0.1) is 0 Å². The highest BCUT2D eigenvalue weighted by Gasteiger charge is 2.25. The molecule has 0 unspecified atom stereocenters. The molecule has 0 heterocycles. The number of hydrazine groups is 1. The van der Waals surface area contributed by atoms with Crippen LogP contribution < -0.4 is 43.2 Å². The lowest BCUT2D eigenvalue weighted by atomic mass is 10.0. The smallest absolute Gasteiger partial charge is 0.326 e. The van der Waals surface area contributed by atoms with Crippen LogP contribution in [0.25, 0.3) is 0 Å². The van der Waals surface area contributed by atoms with E-state index in [0.29, 0.717) is 25.7 Å². The van der Waals surface area contributed by atoms with Gasteiger partial charge in [0, 0.05) is 45.2 Å². The van der Waals surface area contributed by atoms with Gasteiger partial charge in [0.05, 0.1) is 25.9 Å². The van der Waals surface area contributed by atoms with Crippen LogP contribution in [0.3, 0.4) is 0 Å². The third kappa shape index (κ3) is 38.4. The van der Waals surface area contributed by atoms with Crippen molar-refractivity contribution >= 4 is 59.3 Å². The van der Waals surface area contributed by atoms with Crippen LogP contribution in [0, 0.1) is 0 Å². The normalized spacial score (nSPS) is 12.7. The number of nitrogens with two attached hydrogens (primary N) is 1. The van der Waals surface area contributed by atoms with Crippen LogP contribution in [0.15, 0.2) is 0 Å². The molecule has 4 atom stereocenters. The van der Waals surface area contributed by atoms with Crippen LogP contribution in [0.1, 0.15) is 161 Å². The van der Waals surface area contributed by atoms with Crippen molar-refractivity contribution in [2.24, 2.45) is 5.73 Å². The molecule has 0 aliphatic heterocycles. The summed E-state index contributed by atoms with van der Waals surface area (Å²) in [7, 11) is 1.60. The molecule has 0 aromatic carbocycles. The van der Waals surface area contributed by atoms with E-state index >= 15 is 0 Å². The van der Waals surface area contributed by atoms with Crippen LogP contribution >= 0.6 is 0 Å². The van der Waals surface area contributed by atoms with Gasteiger partial charge in [0.25, 0.3) is 0 Å². The third-order valence-electron chi connectivity index (χ3n) is 11.0. The number of aliphatic carboxylic acids is 4. The summed E-state index contributed by atoms with van der Waals surface area (Å²) in [4.78, 5) is 119. The number of amides is 6. The van der Waals surface area contributed by atoms with Gasteiger partial charge < -0.3 is 62.2 Å². The van der Waals surface area contributed by atoms with Crippen LogP contribution in [0.4, 0.5) is 0 Å². The van der Waals surface area contributed by atoms with Crippen LogP contribution in [-0.4, -0.2) is 150 Å². The van der Waals surface area contributed by atoms with E-state index in [0.717, 1.165) is 51.4 Å². The molecule has 24 nitrogen and oxygen atoms in total. The highest BCUT2D eigenvalue weighted by molar-refractivity contribution is 5.87. The summed E-state index contributed by atoms with van der Waals surface area (Å²) in [5.41, 5.74) is 10.7. The average molecular weight is 1000 g/mol. The molecule has 70 heavy (non-hydrogen) atoms. The maximum absolute atomic E-state index is 12.5.